The van der Waals surface area contributed by atoms with Gasteiger partial charge in [-0.15, -0.1) is 0 Å². The van der Waals surface area contributed by atoms with Crippen molar-refractivity contribution >= 4 is 0 Å². The molecule has 2 saturated heterocycles. The van der Waals surface area contributed by atoms with E-state index < -0.39 is 0 Å². The Morgan fingerprint density at radius 2 is 1.68 bits per heavy atom. The van der Waals surface area contributed by atoms with Crippen molar-refractivity contribution in [2.24, 2.45) is 0 Å². The van der Waals surface area contributed by atoms with Crippen molar-refractivity contribution in [3.8, 4) is 22.5 Å². The first-order chi connectivity index (χ1) is 15.3. The molecule has 3 aromatic rings. The number of hydrogen-bond donors (Lipinski definition) is 1. The molecule has 31 heavy (non-hydrogen) atoms. The van der Waals surface area contributed by atoms with Crippen LogP contribution in [0, 0.1) is 6.92 Å². The van der Waals surface area contributed by atoms with Crippen LogP contribution in [0.5, 0.6) is 0 Å². The van der Waals surface area contributed by atoms with Crippen LogP contribution in [-0.2, 0) is 11.2 Å². The summed E-state index contributed by atoms with van der Waals surface area (Å²) in [6, 6.07) is 18.5. The zero-order chi connectivity index (χ0) is 21.0. The maximum atomic E-state index is 5.59. The summed E-state index contributed by atoms with van der Waals surface area (Å²) in [5.74, 6) is 1.21. The molecule has 6 heteroatoms. The van der Waals surface area contributed by atoms with Crippen LogP contribution in [0.15, 0.2) is 53.1 Å². The molecule has 1 N–H and O–H groups in total. The van der Waals surface area contributed by atoms with E-state index in [1.54, 1.807) is 6.92 Å². The molecule has 2 aliphatic rings. The van der Waals surface area contributed by atoms with Gasteiger partial charge in [-0.2, -0.15) is 4.98 Å². The lowest BCUT2D eigenvalue weighted by Crippen LogP contribution is -2.52. The predicted octanol–water partition coefficient (Wildman–Crippen LogP) is 3.71. The number of aromatic nitrogens is 2. The van der Waals surface area contributed by atoms with Crippen molar-refractivity contribution in [1.82, 2.24) is 20.4 Å². The van der Waals surface area contributed by atoms with E-state index in [2.05, 4.69) is 56.8 Å². The Balaban J connectivity index is 1.29. The van der Waals surface area contributed by atoms with Crippen molar-refractivity contribution in [1.29, 1.82) is 0 Å². The maximum Gasteiger partial charge on any atom is 0.223 e. The summed E-state index contributed by atoms with van der Waals surface area (Å²) in [4.78, 5) is 6.92. The van der Waals surface area contributed by atoms with E-state index in [0.717, 1.165) is 44.8 Å². The highest BCUT2D eigenvalue weighted by Crippen LogP contribution is 2.25. The first-order valence-electron chi connectivity index (χ1n) is 11.3. The molecule has 0 aliphatic carbocycles. The minimum absolute atomic E-state index is 0.537. The van der Waals surface area contributed by atoms with Crippen LogP contribution < -0.4 is 5.32 Å². The highest BCUT2D eigenvalue weighted by molar-refractivity contribution is 5.67. The Kier molecular flexibility index (Phi) is 6.11. The highest BCUT2D eigenvalue weighted by atomic mass is 16.5. The monoisotopic (exact) mass is 418 g/mol. The second kappa shape index (κ2) is 9.30. The van der Waals surface area contributed by atoms with Crippen LogP contribution in [-0.4, -0.2) is 60.0 Å². The summed E-state index contributed by atoms with van der Waals surface area (Å²) in [5.41, 5.74) is 4.78. The Bertz CT molecular complexity index is 972. The third-order valence-corrected chi connectivity index (χ3v) is 6.48. The number of ether oxygens (including phenoxy) is 1. The summed E-state index contributed by atoms with van der Waals surface area (Å²) in [6.07, 6.45) is 3.63. The third kappa shape index (κ3) is 4.71. The van der Waals surface area contributed by atoms with E-state index in [9.17, 15) is 0 Å². The van der Waals surface area contributed by atoms with Crippen molar-refractivity contribution in [2.75, 3.05) is 32.8 Å². The molecule has 6 nitrogen and oxygen atoms in total. The van der Waals surface area contributed by atoms with Gasteiger partial charge >= 0.3 is 0 Å². The van der Waals surface area contributed by atoms with Crippen LogP contribution in [0.4, 0.5) is 0 Å². The quantitative estimate of drug-likeness (QED) is 0.659. The van der Waals surface area contributed by atoms with Crippen molar-refractivity contribution in [3.05, 3.63) is 60.0 Å². The smallest absolute Gasteiger partial charge is 0.223 e. The molecule has 0 bridgehead atoms. The Morgan fingerprint density at radius 3 is 2.29 bits per heavy atom. The molecule has 2 fully saturated rings. The molecule has 3 heterocycles. The second-order valence-electron chi connectivity index (χ2n) is 8.53. The summed E-state index contributed by atoms with van der Waals surface area (Å²) in [6.45, 7) is 6.71. The van der Waals surface area contributed by atoms with E-state index in [4.69, 9.17) is 9.26 Å². The van der Waals surface area contributed by atoms with Gasteiger partial charge in [0.15, 0.2) is 0 Å². The maximum absolute atomic E-state index is 5.59. The number of aryl methyl sites for hydroxylation is 1. The normalized spacial score (nSPS) is 20.7. The van der Waals surface area contributed by atoms with Crippen molar-refractivity contribution < 1.29 is 9.26 Å². The minimum atomic E-state index is 0.537. The topological polar surface area (TPSA) is 63.4 Å². The molecule has 162 valence electrons. The summed E-state index contributed by atoms with van der Waals surface area (Å²) in [7, 11) is 0. The SMILES string of the molecule is Cc1nc(-c2ccc(-c3ccc(C[C@H](C4CCCN4)N4CCOCC4)cc3)cc2)no1. The van der Waals surface area contributed by atoms with Gasteiger partial charge in [0.05, 0.1) is 13.2 Å². The lowest BCUT2D eigenvalue weighted by Gasteiger charge is -2.38. The Morgan fingerprint density at radius 1 is 1.00 bits per heavy atom. The van der Waals surface area contributed by atoms with E-state index >= 15 is 0 Å². The van der Waals surface area contributed by atoms with Crippen LogP contribution in [0.25, 0.3) is 22.5 Å². The molecule has 0 saturated carbocycles. The third-order valence-electron chi connectivity index (χ3n) is 6.48. The first kappa shape index (κ1) is 20.4. The molecule has 2 aliphatic heterocycles. The van der Waals surface area contributed by atoms with Gasteiger partial charge in [-0.3, -0.25) is 4.90 Å². The molecule has 2 atom stereocenters. The van der Waals surface area contributed by atoms with Gasteiger partial charge in [0.2, 0.25) is 11.7 Å². The van der Waals surface area contributed by atoms with E-state index in [1.165, 1.54) is 29.5 Å². The van der Waals surface area contributed by atoms with Crippen LogP contribution in [0.1, 0.15) is 24.3 Å². The van der Waals surface area contributed by atoms with Crippen LogP contribution in [0.3, 0.4) is 0 Å². The van der Waals surface area contributed by atoms with Crippen molar-refractivity contribution in [2.45, 2.75) is 38.3 Å². The number of morpholine rings is 1. The Hall–Kier alpha value is -2.54. The number of benzene rings is 2. The van der Waals surface area contributed by atoms with E-state index in [-0.39, 0.29) is 0 Å². The largest absolute Gasteiger partial charge is 0.379 e. The molecular weight excluding hydrogens is 388 g/mol. The number of rotatable bonds is 6. The van der Waals surface area contributed by atoms with Gasteiger partial charge in [0, 0.05) is 37.7 Å². The predicted molar refractivity (Wildman–Crippen MR) is 121 cm³/mol. The summed E-state index contributed by atoms with van der Waals surface area (Å²) >= 11 is 0. The van der Waals surface area contributed by atoms with Gasteiger partial charge in [-0.05, 0) is 42.5 Å². The average molecular weight is 419 g/mol. The molecule has 1 unspecified atom stereocenters. The number of hydrogen-bond acceptors (Lipinski definition) is 6. The second-order valence-corrected chi connectivity index (χ2v) is 8.53. The van der Waals surface area contributed by atoms with Gasteiger partial charge in [-0.25, -0.2) is 0 Å². The average Bonchev–Trinajstić information content (AvgIpc) is 3.51. The standard InChI is InChI=1S/C25H30N4O2/c1-18-27-25(28-31-18)22-10-8-21(9-11-22)20-6-4-19(5-7-20)17-24(23-3-2-12-26-23)29-13-15-30-16-14-29/h4-11,23-24,26H,2-3,12-17H2,1H3/t23?,24-/m1/s1. The number of nitrogens with one attached hydrogen (secondary N) is 1. The van der Waals surface area contributed by atoms with Gasteiger partial charge in [0.1, 0.15) is 0 Å². The van der Waals surface area contributed by atoms with Gasteiger partial charge in [0.25, 0.3) is 0 Å². The fourth-order valence-electron chi connectivity index (χ4n) is 4.78. The first-order valence-corrected chi connectivity index (χ1v) is 11.3. The fraction of sp³-hybridized carbons (Fsp3) is 0.440. The lowest BCUT2D eigenvalue weighted by molar-refractivity contribution is 0.00946. The molecule has 5 rings (SSSR count). The van der Waals surface area contributed by atoms with Crippen molar-refractivity contribution in [3.63, 3.8) is 0 Å². The highest BCUT2D eigenvalue weighted by Gasteiger charge is 2.30. The summed E-state index contributed by atoms with van der Waals surface area (Å²) in [5, 5.41) is 7.73. The van der Waals surface area contributed by atoms with E-state index in [0.29, 0.717) is 23.8 Å². The van der Waals surface area contributed by atoms with E-state index in [1.807, 2.05) is 12.1 Å². The zero-order valence-corrected chi connectivity index (χ0v) is 18.1. The molecule has 0 radical (unpaired) electrons. The van der Waals surface area contributed by atoms with Gasteiger partial charge in [-0.1, -0.05) is 53.7 Å². The van der Waals surface area contributed by atoms with Crippen LogP contribution >= 0.6 is 0 Å². The molecule has 0 spiro atoms. The van der Waals surface area contributed by atoms with Gasteiger partial charge < -0.3 is 14.6 Å². The molecule has 1 aromatic heterocycles. The Labute approximate surface area is 183 Å². The minimum Gasteiger partial charge on any atom is -0.379 e. The molecule has 2 aromatic carbocycles. The zero-order valence-electron chi connectivity index (χ0n) is 18.1. The molecule has 0 amide bonds. The molecular formula is C25H30N4O2. The van der Waals surface area contributed by atoms with Crippen LogP contribution in [0.2, 0.25) is 0 Å². The summed E-state index contributed by atoms with van der Waals surface area (Å²) < 4.78 is 10.7. The number of nitrogens with zero attached hydrogens (tertiary/aromatic N) is 3. The fourth-order valence-corrected chi connectivity index (χ4v) is 4.78. The lowest BCUT2D eigenvalue weighted by atomic mass is 9.94.